The highest BCUT2D eigenvalue weighted by Crippen LogP contribution is 2.37. The molecule has 2 amide bonds. The number of sulfonamides is 1. The third-order valence-electron chi connectivity index (χ3n) is 6.55. The number of amides is 2. The van der Waals surface area contributed by atoms with Crippen molar-refractivity contribution < 1.29 is 32.4 Å². The van der Waals surface area contributed by atoms with Crippen molar-refractivity contribution in [2.75, 3.05) is 30.4 Å². The Labute approximate surface area is 269 Å². The number of anilines is 2. The van der Waals surface area contributed by atoms with Gasteiger partial charge in [0.15, 0.2) is 4.90 Å². The summed E-state index contributed by atoms with van der Waals surface area (Å²) in [5.41, 5.74) is 3.30. The molecular weight excluding hydrogens is 638 g/mol. The molecule has 0 spiro atoms. The van der Waals surface area contributed by atoms with Gasteiger partial charge in [-0.2, -0.15) is 5.10 Å². The van der Waals surface area contributed by atoms with E-state index in [9.17, 15) is 28.1 Å². The third-order valence-corrected chi connectivity index (χ3v) is 8.59. The van der Waals surface area contributed by atoms with Crippen LogP contribution in [-0.2, 0) is 14.8 Å². The fraction of sp³-hybridized carbons (Fsp3) is 0.129. The number of hydrogen-bond donors (Lipinski definition) is 2. The van der Waals surface area contributed by atoms with Gasteiger partial charge >= 0.3 is 0 Å². The number of ether oxygens (including phenoxy) is 2. The second-order valence-corrected chi connectivity index (χ2v) is 11.8. The van der Waals surface area contributed by atoms with Crippen LogP contribution < -0.4 is 24.5 Å². The van der Waals surface area contributed by atoms with Crippen molar-refractivity contribution in [2.24, 2.45) is 5.10 Å². The monoisotopic (exact) mass is 665 g/mol. The normalized spacial score (nSPS) is 11.3. The molecule has 0 aromatic heterocycles. The van der Waals surface area contributed by atoms with Gasteiger partial charge in [-0.15, -0.1) is 0 Å². The van der Waals surface area contributed by atoms with Gasteiger partial charge in [-0.25, -0.2) is 13.8 Å². The van der Waals surface area contributed by atoms with E-state index in [1.54, 1.807) is 49.4 Å². The molecule has 0 aliphatic heterocycles. The SMILES string of the molecule is COc1ccc(N(CC(=O)NN=C(C)c2cccc(NC(=O)c3cccc(Cl)c3)c2)S(=O)(=O)c2ccccc2[N+](=O)[O-])c(OC)c1. The van der Waals surface area contributed by atoms with Crippen LogP contribution in [0.4, 0.5) is 17.1 Å². The summed E-state index contributed by atoms with van der Waals surface area (Å²) in [6.45, 7) is 0.788. The van der Waals surface area contributed by atoms with Gasteiger partial charge in [-0.1, -0.05) is 41.9 Å². The van der Waals surface area contributed by atoms with E-state index >= 15 is 0 Å². The lowest BCUT2D eigenvalue weighted by Crippen LogP contribution is -2.40. The summed E-state index contributed by atoms with van der Waals surface area (Å²) < 4.78 is 39.1. The summed E-state index contributed by atoms with van der Waals surface area (Å²) in [7, 11) is -1.99. The maximum absolute atomic E-state index is 13.9. The van der Waals surface area contributed by atoms with Crippen molar-refractivity contribution in [3.63, 3.8) is 0 Å². The van der Waals surface area contributed by atoms with E-state index in [-0.39, 0.29) is 17.3 Å². The minimum atomic E-state index is -4.70. The molecule has 4 aromatic rings. The van der Waals surface area contributed by atoms with E-state index in [1.165, 1.54) is 50.6 Å². The number of carbonyl (C=O) groups is 2. The van der Waals surface area contributed by atoms with Gasteiger partial charge in [-0.05, 0) is 61.0 Å². The van der Waals surface area contributed by atoms with Crippen molar-refractivity contribution in [1.29, 1.82) is 0 Å². The Kier molecular flexibility index (Phi) is 10.6. The summed E-state index contributed by atoms with van der Waals surface area (Å²) in [6, 6.07) is 22.2. The Bertz CT molecular complexity index is 1930. The summed E-state index contributed by atoms with van der Waals surface area (Å²) in [6.07, 6.45) is 0. The number of methoxy groups -OCH3 is 2. The first-order valence-corrected chi connectivity index (χ1v) is 15.2. The van der Waals surface area contributed by atoms with Crippen LogP contribution in [0.2, 0.25) is 5.02 Å². The Balaban J connectivity index is 1.60. The van der Waals surface area contributed by atoms with Crippen molar-refractivity contribution in [2.45, 2.75) is 11.8 Å². The molecule has 0 heterocycles. The van der Waals surface area contributed by atoms with Gasteiger partial charge in [0.2, 0.25) is 0 Å². The molecule has 0 bridgehead atoms. The van der Waals surface area contributed by atoms with Crippen LogP contribution in [0.1, 0.15) is 22.8 Å². The van der Waals surface area contributed by atoms with Gasteiger partial charge < -0.3 is 14.8 Å². The van der Waals surface area contributed by atoms with Crippen LogP contribution in [-0.4, -0.2) is 51.6 Å². The van der Waals surface area contributed by atoms with E-state index < -0.39 is 38.0 Å². The molecule has 2 N–H and O–H groups in total. The second kappa shape index (κ2) is 14.5. The molecule has 0 unspecified atom stereocenters. The number of halogens is 1. The molecule has 4 rings (SSSR count). The zero-order valence-electron chi connectivity index (χ0n) is 24.8. The standard InChI is InChI=1S/C31H28ClN5O8S/c1-20(21-8-7-11-24(17-21)33-31(39)22-9-6-10-23(32)16-22)34-35-30(38)19-36(26-15-14-25(44-2)18-28(26)45-3)46(42,43)29-13-5-4-12-27(29)37(40)41/h4-18H,19H2,1-3H3,(H,33,39)(H,35,38). The van der Waals surface area contributed by atoms with Crippen LogP contribution >= 0.6 is 11.6 Å². The lowest BCUT2D eigenvalue weighted by Gasteiger charge is -2.25. The molecule has 0 atom stereocenters. The van der Waals surface area contributed by atoms with Gasteiger partial charge in [0.05, 0.1) is 30.5 Å². The van der Waals surface area contributed by atoms with E-state index in [2.05, 4.69) is 15.8 Å². The first-order chi connectivity index (χ1) is 21.9. The zero-order chi connectivity index (χ0) is 33.4. The lowest BCUT2D eigenvalue weighted by molar-refractivity contribution is -0.387. The number of hydrogen-bond acceptors (Lipinski definition) is 9. The number of hydrazone groups is 1. The van der Waals surface area contributed by atoms with Crippen LogP contribution in [0, 0.1) is 10.1 Å². The average molecular weight is 666 g/mol. The molecule has 13 nitrogen and oxygen atoms in total. The molecule has 0 saturated carbocycles. The number of nitro groups is 1. The predicted octanol–water partition coefficient (Wildman–Crippen LogP) is 5.25. The molecule has 0 radical (unpaired) electrons. The quantitative estimate of drug-likeness (QED) is 0.117. The summed E-state index contributed by atoms with van der Waals surface area (Å²) in [5.74, 6) is -0.855. The zero-order valence-corrected chi connectivity index (χ0v) is 26.3. The van der Waals surface area contributed by atoms with Crippen LogP contribution in [0.25, 0.3) is 0 Å². The maximum Gasteiger partial charge on any atom is 0.289 e. The number of benzene rings is 4. The number of nitro benzene ring substituents is 1. The Hall–Kier alpha value is -5.47. The van der Waals surface area contributed by atoms with Crippen molar-refractivity contribution in [1.82, 2.24) is 5.43 Å². The fourth-order valence-electron chi connectivity index (χ4n) is 4.27. The minimum absolute atomic E-state index is 0.0330. The highest BCUT2D eigenvalue weighted by atomic mass is 35.5. The Morgan fingerprint density at radius 3 is 2.35 bits per heavy atom. The molecule has 15 heteroatoms. The summed E-state index contributed by atoms with van der Waals surface area (Å²) in [5, 5.41) is 19.0. The van der Waals surface area contributed by atoms with Gasteiger partial charge in [0.1, 0.15) is 18.0 Å². The smallest absolute Gasteiger partial charge is 0.289 e. The van der Waals surface area contributed by atoms with E-state index in [4.69, 9.17) is 21.1 Å². The topological polar surface area (TPSA) is 170 Å². The van der Waals surface area contributed by atoms with Crippen molar-refractivity contribution in [3.05, 3.63) is 117 Å². The highest BCUT2D eigenvalue weighted by molar-refractivity contribution is 7.93. The molecular formula is C31H28ClN5O8S. The summed E-state index contributed by atoms with van der Waals surface area (Å²) >= 11 is 5.98. The Morgan fingerprint density at radius 2 is 1.65 bits per heavy atom. The van der Waals surface area contributed by atoms with Crippen molar-refractivity contribution >= 4 is 56.2 Å². The molecule has 0 fully saturated rings. The van der Waals surface area contributed by atoms with Crippen LogP contribution in [0.3, 0.4) is 0 Å². The second-order valence-electron chi connectivity index (χ2n) is 9.55. The molecule has 238 valence electrons. The predicted molar refractivity (Wildman–Crippen MR) is 173 cm³/mol. The average Bonchev–Trinajstić information content (AvgIpc) is 3.05. The molecule has 0 aliphatic carbocycles. The van der Waals surface area contributed by atoms with Crippen LogP contribution in [0.15, 0.2) is 101 Å². The number of nitrogens with zero attached hydrogens (tertiary/aromatic N) is 3. The first-order valence-electron chi connectivity index (χ1n) is 13.4. The number of rotatable bonds is 12. The number of para-hydroxylation sites is 1. The van der Waals surface area contributed by atoms with Crippen molar-refractivity contribution in [3.8, 4) is 11.5 Å². The summed E-state index contributed by atoms with van der Waals surface area (Å²) in [4.78, 5) is 36.1. The number of nitrogens with one attached hydrogen (secondary N) is 2. The third kappa shape index (κ3) is 7.78. The fourth-order valence-corrected chi connectivity index (χ4v) is 6.05. The van der Waals surface area contributed by atoms with E-state index in [0.717, 1.165) is 12.1 Å². The largest absolute Gasteiger partial charge is 0.497 e. The first kappa shape index (κ1) is 33.4. The van der Waals surface area contributed by atoms with E-state index in [1.807, 2.05) is 0 Å². The van der Waals surface area contributed by atoms with Gasteiger partial charge in [0.25, 0.3) is 27.5 Å². The van der Waals surface area contributed by atoms with Gasteiger partial charge in [0, 0.05) is 28.4 Å². The van der Waals surface area contributed by atoms with Gasteiger partial charge in [-0.3, -0.25) is 24.0 Å². The number of carbonyl (C=O) groups excluding carboxylic acids is 2. The minimum Gasteiger partial charge on any atom is -0.497 e. The van der Waals surface area contributed by atoms with E-state index in [0.29, 0.717) is 37.6 Å². The highest BCUT2D eigenvalue weighted by Gasteiger charge is 2.34. The molecule has 0 saturated heterocycles. The molecule has 4 aromatic carbocycles. The van der Waals surface area contributed by atoms with Crippen LogP contribution in [0.5, 0.6) is 11.5 Å². The lowest BCUT2D eigenvalue weighted by atomic mass is 10.1. The maximum atomic E-state index is 13.9. The molecule has 0 aliphatic rings. The Morgan fingerprint density at radius 1 is 0.935 bits per heavy atom. The molecule has 46 heavy (non-hydrogen) atoms.